The van der Waals surface area contributed by atoms with Crippen LogP contribution in [0.3, 0.4) is 0 Å². The van der Waals surface area contributed by atoms with E-state index in [2.05, 4.69) is 15.8 Å². The summed E-state index contributed by atoms with van der Waals surface area (Å²) in [5.74, 6) is 0.0823. The molecular formula is C27H27Cl2N3O4. The molecule has 2 amide bonds. The van der Waals surface area contributed by atoms with Gasteiger partial charge in [-0.3, -0.25) is 9.59 Å². The summed E-state index contributed by atoms with van der Waals surface area (Å²) in [5, 5.41) is 7.93. The van der Waals surface area contributed by atoms with Crippen molar-refractivity contribution in [2.24, 2.45) is 11.0 Å². The van der Waals surface area contributed by atoms with Crippen LogP contribution >= 0.6 is 23.2 Å². The fourth-order valence-corrected chi connectivity index (χ4v) is 3.57. The Labute approximate surface area is 220 Å². The van der Waals surface area contributed by atoms with Crippen LogP contribution in [0.5, 0.6) is 11.5 Å². The Kier molecular flexibility index (Phi) is 9.73. The van der Waals surface area contributed by atoms with E-state index in [9.17, 15) is 9.59 Å². The highest BCUT2D eigenvalue weighted by molar-refractivity contribution is 6.31. The van der Waals surface area contributed by atoms with Gasteiger partial charge in [-0.25, -0.2) is 5.43 Å². The van der Waals surface area contributed by atoms with Crippen molar-refractivity contribution >= 4 is 41.2 Å². The van der Waals surface area contributed by atoms with Gasteiger partial charge in [0.05, 0.1) is 13.3 Å². The number of benzene rings is 3. The molecule has 36 heavy (non-hydrogen) atoms. The minimum Gasteiger partial charge on any atom is -0.493 e. The van der Waals surface area contributed by atoms with E-state index in [1.165, 1.54) is 13.3 Å². The van der Waals surface area contributed by atoms with Crippen LogP contribution in [0.4, 0.5) is 0 Å². The van der Waals surface area contributed by atoms with Gasteiger partial charge in [0.25, 0.3) is 11.8 Å². The molecule has 0 radical (unpaired) electrons. The molecule has 7 nitrogen and oxygen atoms in total. The van der Waals surface area contributed by atoms with E-state index in [1.807, 2.05) is 32.0 Å². The van der Waals surface area contributed by atoms with Crippen LogP contribution in [0.25, 0.3) is 0 Å². The fraction of sp³-hybridized carbons (Fsp3) is 0.222. The summed E-state index contributed by atoms with van der Waals surface area (Å²) < 4.78 is 11.3. The topological polar surface area (TPSA) is 89.0 Å². The Morgan fingerprint density at radius 3 is 2.39 bits per heavy atom. The first-order chi connectivity index (χ1) is 17.3. The molecule has 3 rings (SSSR count). The molecular weight excluding hydrogens is 501 g/mol. The van der Waals surface area contributed by atoms with E-state index < -0.39 is 11.9 Å². The molecule has 0 aromatic heterocycles. The number of methoxy groups -OCH3 is 1. The first kappa shape index (κ1) is 27.0. The van der Waals surface area contributed by atoms with Gasteiger partial charge in [-0.15, -0.1) is 0 Å². The number of halogens is 2. The number of carbonyl (C=O) groups is 2. The number of nitrogens with zero attached hydrogens (tertiary/aromatic N) is 1. The summed E-state index contributed by atoms with van der Waals surface area (Å²) in [6.45, 7) is 3.96. The van der Waals surface area contributed by atoms with Gasteiger partial charge >= 0.3 is 0 Å². The maximum absolute atomic E-state index is 12.7. The third-order valence-corrected chi connectivity index (χ3v) is 5.88. The van der Waals surface area contributed by atoms with Gasteiger partial charge < -0.3 is 14.8 Å². The quantitative estimate of drug-likeness (QED) is 0.269. The van der Waals surface area contributed by atoms with Crippen molar-refractivity contribution in [2.45, 2.75) is 26.5 Å². The summed E-state index contributed by atoms with van der Waals surface area (Å²) in [5.41, 5.74) is 4.44. The summed E-state index contributed by atoms with van der Waals surface area (Å²) >= 11 is 12.1. The van der Waals surface area contributed by atoms with Gasteiger partial charge in [-0.1, -0.05) is 55.2 Å². The Morgan fingerprint density at radius 2 is 1.72 bits per heavy atom. The van der Waals surface area contributed by atoms with Gasteiger partial charge in [0.2, 0.25) is 0 Å². The number of nitrogens with one attached hydrogen (secondary N) is 2. The monoisotopic (exact) mass is 527 g/mol. The number of ether oxygens (including phenoxy) is 2. The Hall–Kier alpha value is -3.55. The van der Waals surface area contributed by atoms with E-state index in [1.54, 1.807) is 48.5 Å². The van der Waals surface area contributed by atoms with E-state index in [0.717, 1.165) is 5.56 Å². The van der Waals surface area contributed by atoms with Crippen molar-refractivity contribution in [3.63, 3.8) is 0 Å². The van der Waals surface area contributed by atoms with Crippen LogP contribution in [0.1, 0.15) is 35.3 Å². The number of carbonyl (C=O) groups excluding carboxylic acids is 2. The molecule has 0 saturated carbocycles. The first-order valence-corrected chi connectivity index (χ1v) is 12.0. The van der Waals surface area contributed by atoms with E-state index in [-0.39, 0.29) is 18.4 Å². The summed E-state index contributed by atoms with van der Waals surface area (Å²) in [6.07, 6.45) is 1.48. The second kappa shape index (κ2) is 13.0. The molecule has 0 bridgehead atoms. The molecule has 0 aliphatic heterocycles. The number of amides is 2. The van der Waals surface area contributed by atoms with E-state index in [0.29, 0.717) is 32.7 Å². The zero-order chi connectivity index (χ0) is 26.1. The molecule has 0 aliphatic rings. The smallest absolute Gasteiger partial charge is 0.262 e. The highest BCUT2D eigenvalue weighted by atomic mass is 35.5. The van der Waals surface area contributed by atoms with Crippen molar-refractivity contribution in [2.75, 3.05) is 7.11 Å². The van der Waals surface area contributed by atoms with Gasteiger partial charge in [0.1, 0.15) is 12.6 Å². The highest BCUT2D eigenvalue weighted by Crippen LogP contribution is 2.29. The molecule has 188 valence electrons. The molecule has 1 atom stereocenters. The van der Waals surface area contributed by atoms with E-state index >= 15 is 0 Å². The predicted molar refractivity (Wildman–Crippen MR) is 142 cm³/mol. The van der Waals surface area contributed by atoms with Crippen LogP contribution < -0.4 is 20.2 Å². The standard InChI is InChI=1S/C27H27Cl2N3O4/c1-17(2)25(31-26(33)19-9-11-21(28)12-10-19)27(34)32-30-15-18-8-13-23(24(14-18)35-3)36-16-20-6-4-5-7-22(20)29/h4-15,17,25H,16H2,1-3H3,(H,31,33)(H,32,34)/b30-15-. The van der Waals surface area contributed by atoms with Crippen molar-refractivity contribution in [3.05, 3.63) is 93.5 Å². The highest BCUT2D eigenvalue weighted by Gasteiger charge is 2.24. The van der Waals surface area contributed by atoms with E-state index in [4.69, 9.17) is 32.7 Å². The van der Waals surface area contributed by atoms with Crippen LogP contribution in [-0.2, 0) is 11.4 Å². The number of hydrazone groups is 1. The van der Waals surface area contributed by atoms with Crippen LogP contribution in [0.2, 0.25) is 10.0 Å². The maximum atomic E-state index is 12.7. The summed E-state index contributed by atoms with van der Waals surface area (Å²) in [6, 6.07) is 18.4. The lowest BCUT2D eigenvalue weighted by atomic mass is 10.0. The largest absolute Gasteiger partial charge is 0.493 e. The van der Waals surface area contributed by atoms with Gasteiger partial charge in [-0.05, 0) is 60.0 Å². The fourth-order valence-electron chi connectivity index (χ4n) is 3.26. The molecule has 2 N–H and O–H groups in total. The predicted octanol–water partition coefficient (Wildman–Crippen LogP) is 5.49. The first-order valence-electron chi connectivity index (χ1n) is 11.2. The van der Waals surface area contributed by atoms with Crippen LogP contribution in [0.15, 0.2) is 71.8 Å². The SMILES string of the molecule is COc1cc(/C=N\NC(=O)C(NC(=O)c2ccc(Cl)cc2)C(C)C)ccc1OCc1ccccc1Cl. The van der Waals surface area contributed by atoms with Crippen molar-refractivity contribution < 1.29 is 19.1 Å². The Morgan fingerprint density at radius 1 is 1.00 bits per heavy atom. The minimum absolute atomic E-state index is 0.161. The summed E-state index contributed by atoms with van der Waals surface area (Å²) in [7, 11) is 1.54. The molecule has 9 heteroatoms. The average molecular weight is 528 g/mol. The average Bonchev–Trinajstić information content (AvgIpc) is 2.87. The molecule has 0 spiro atoms. The lowest BCUT2D eigenvalue weighted by molar-refractivity contribution is -0.123. The summed E-state index contributed by atoms with van der Waals surface area (Å²) in [4.78, 5) is 25.2. The van der Waals surface area contributed by atoms with Gasteiger partial charge in [0.15, 0.2) is 11.5 Å². The second-order valence-corrected chi connectivity index (χ2v) is 9.07. The van der Waals surface area contributed by atoms with Crippen LogP contribution in [-0.4, -0.2) is 31.2 Å². The molecule has 0 heterocycles. The Balaban J connectivity index is 1.61. The zero-order valence-electron chi connectivity index (χ0n) is 20.1. The molecule has 0 aliphatic carbocycles. The molecule has 0 saturated heterocycles. The molecule has 0 fully saturated rings. The lowest BCUT2D eigenvalue weighted by Crippen LogP contribution is -2.48. The maximum Gasteiger partial charge on any atom is 0.262 e. The zero-order valence-corrected chi connectivity index (χ0v) is 21.6. The number of hydrogen-bond acceptors (Lipinski definition) is 5. The minimum atomic E-state index is -0.777. The number of rotatable bonds is 10. The molecule has 1 unspecified atom stereocenters. The molecule has 3 aromatic rings. The number of hydrogen-bond donors (Lipinski definition) is 2. The Bertz CT molecular complexity index is 1230. The van der Waals surface area contributed by atoms with Gasteiger partial charge in [-0.2, -0.15) is 5.10 Å². The van der Waals surface area contributed by atoms with Crippen molar-refractivity contribution in [3.8, 4) is 11.5 Å². The van der Waals surface area contributed by atoms with Crippen molar-refractivity contribution in [1.82, 2.24) is 10.7 Å². The van der Waals surface area contributed by atoms with Crippen LogP contribution in [0, 0.1) is 5.92 Å². The molecule has 3 aromatic carbocycles. The normalized spacial score (nSPS) is 11.8. The van der Waals surface area contributed by atoms with Crippen molar-refractivity contribution in [1.29, 1.82) is 0 Å². The van der Waals surface area contributed by atoms with Gasteiger partial charge in [0, 0.05) is 21.2 Å². The third-order valence-electron chi connectivity index (χ3n) is 5.26. The lowest BCUT2D eigenvalue weighted by Gasteiger charge is -2.20. The third kappa shape index (κ3) is 7.47. The second-order valence-electron chi connectivity index (χ2n) is 8.23.